The molecule has 0 radical (unpaired) electrons. The highest BCUT2D eigenvalue weighted by atomic mass is 32.2. The first-order valence-electron chi connectivity index (χ1n) is 11.7. The predicted molar refractivity (Wildman–Crippen MR) is 132 cm³/mol. The summed E-state index contributed by atoms with van der Waals surface area (Å²) < 4.78 is 27.4. The quantitative estimate of drug-likeness (QED) is 0.424. The number of aliphatic hydroxyl groups is 1. The third-order valence-corrected chi connectivity index (χ3v) is 8.41. The summed E-state index contributed by atoms with van der Waals surface area (Å²) in [4.78, 5) is 11.0. The van der Waals surface area contributed by atoms with Crippen LogP contribution in [-0.2, 0) is 34.1 Å². The number of benzene rings is 2. The van der Waals surface area contributed by atoms with E-state index in [2.05, 4.69) is 43.4 Å². The van der Waals surface area contributed by atoms with E-state index in [0.29, 0.717) is 11.5 Å². The Labute approximate surface area is 202 Å². The zero-order valence-corrected chi connectivity index (χ0v) is 21.0. The summed E-state index contributed by atoms with van der Waals surface area (Å²) in [5, 5.41) is 23.0. The Kier molecular flexibility index (Phi) is 8.52. The molecule has 186 valence electrons. The lowest BCUT2D eigenvalue weighted by Crippen LogP contribution is -2.47. The topological polar surface area (TPSA) is 107 Å². The Bertz CT molecular complexity index is 1070. The Hall–Kier alpha value is -2.26. The first kappa shape index (κ1) is 26.3. The second-order valence-corrected chi connectivity index (χ2v) is 12.0. The van der Waals surface area contributed by atoms with Gasteiger partial charge in [-0.3, -0.25) is 4.79 Å². The summed E-state index contributed by atoms with van der Waals surface area (Å²) in [6, 6.07) is 15.0. The van der Waals surface area contributed by atoms with Gasteiger partial charge in [-0.15, -0.1) is 0 Å². The minimum atomic E-state index is -3.86. The molecule has 1 unspecified atom stereocenters. The highest BCUT2D eigenvalue weighted by Crippen LogP contribution is 2.32. The number of aliphatic carboxylic acids is 1. The van der Waals surface area contributed by atoms with E-state index in [1.807, 2.05) is 0 Å². The number of likely N-dealkylation sites (N-methyl/N-ethyl adjacent to an activating group) is 1. The van der Waals surface area contributed by atoms with Crippen LogP contribution < -0.4 is 5.32 Å². The number of carboxylic acid groups (broad SMARTS) is 1. The maximum Gasteiger partial charge on any atom is 0.303 e. The Morgan fingerprint density at radius 2 is 1.71 bits per heavy atom. The SMILES string of the molecule is CN(CC(O)CNC(C)(C)CC1Cc2ccccc2C1)S(=O)(=O)c1ccccc1CCC(=O)O. The van der Waals surface area contributed by atoms with Crippen LogP contribution in [0, 0.1) is 5.92 Å². The van der Waals surface area contributed by atoms with Crippen molar-refractivity contribution in [2.75, 3.05) is 20.1 Å². The predicted octanol–water partition coefficient (Wildman–Crippen LogP) is 2.86. The van der Waals surface area contributed by atoms with Crippen LogP contribution in [0.4, 0.5) is 0 Å². The molecule has 0 aromatic heterocycles. The monoisotopic (exact) mass is 488 g/mol. The van der Waals surface area contributed by atoms with Crippen molar-refractivity contribution in [1.82, 2.24) is 9.62 Å². The second-order valence-electron chi connectivity index (χ2n) is 9.95. The van der Waals surface area contributed by atoms with Gasteiger partial charge < -0.3 is 15.5 Å². The molecule has 2 aromatic rings. The normalized spacial score (nSPS) is 15.4. The van der Waals surface area contributed by atoms with Crippen LogP contribution in [0.1, 0.15) is 43.4 Å². The average Bonchev–Trinajstić information content (AvgIpc) is 3.18. The fourth-order valence-corrected chi connectivity index (χ4v) is 6.27. The molecule has 0 aliphatic heterocycles. The number of nitrogens with zero attached hydrogens (tertiary/aromatic N) is 1. The Morgan fingerprint density at radius 3 is 2.32 bits per heavy atom. The minimum absolute atomic E-state index is 0.0620. The van der Waals surface area contributed by atoms with Crippen LogP contribution in [0.25, 0.3) is 0 Å². The minimum Gasteiger partial charge on any atom is -0.481 e. The van der Waals surface area contributed by atoms with Crippen molar-refractivity contribution in [2.45, 2.75) is 62.5 Å². The van der Waals surface area contributed by atoms with Gasteiger partial charge in [0.05, 0.1) is 11.0 Å². The van der Waals surface area contributed by atoms with Crippen molar-refractivity contribution < 1.29 is 23.4 Å². The van der Waals surface area contributed by atoms with Crippen molar-refractivity contribution in [3.05, 3.63) is 65.2 Å². The van der Waals surface area contributed by atoms with E-state index in [0.717, 1.165) is 23.6 Å². The average molecular weight is 489 g/mol. The summed E-state index contributed by atoms with van der Waals surface area (Å²) in [7, 11) is -2.43. The number of aryl methyl sites for hydroxylation is 1. The number of sulfonamides is 1. The fourth-order valence-electron chi connectivity index (χ4n) is 4.81. The number of β-amino-alcohol motifs (C(OH)–C–C–N with tert-alkyl or cyclic N) is 1. The summed E-state index contributed by atoms with van der Waals surface area (Å²) >= 11 is 0. The smallest absolute Gasteiger partial charge is 0.303 e. The molecule has 2 aromatic carbocycles. The van der Waals surface area contributed by atoms with Gasteiger partial charge in [-0.05, 0) is 68.2 Å². The van der Waals surface area contributed by atoms with Gasteiger partial charge in [0.2, 0.25) is 10.0 Å². The third-order valence-electron chi connectivity index (χ3n) is 6.49. The van der Waals surface area contributed by atoms with Gasteiger partial charge in [0, 0.05) is 32.1 Å². The molecule has 1 aliphatic carbocycles. The number of carboxylic acids is 1. The number of hydrogen-bond donors (Lipinski definition) is 3. The van der Waals surface area contributed by atoms with Gasteiger partial charge >= 0.3 is 5.97 Å². The molecule has 0 heterocycles. The van der Waals surface area contributed by atoms with E-state index < -0.39 is 22.1 Å². The molecule has 0 saturated carbocycles. The second kappa shape index (κ2) is 11.0. The number of rotatable bonds is 12. The molecule has 8 heteroatoms. The fraction of sp³-hybridized carbons (Fsp3) is 0.500. The lowest BCUT2D eigenvalue weighted by atomic mass is 9.88. The van der Waals surface area contributed by atoms with E-state index in [1.54, 1.807) is 18.2 Å². The highest BCUT2D eigenvalue weighted by Gasteiger charge is 2.30. The Balaban J connectivity index is 1.54. The molecule has 3 N–H and O–H groups in total. The first-order valence-corrected chi connectivity index (χ1v) is 13.2. The molecule has 0 bridgehead atoms. The van der Waals surface area contributed by atoms with Crippen molar-refractivity contribution in [2.24, 2.45) is 5.92 Å². The molecule has 34 heavy (non-hydrogen) atoms. The van der Waals surface area contributed by atoms with E-state index >= 15 is 0 Å². The van der Waals surface area contributed by atoms with Crippen LogP contribution in [0.2, 0.25) is 0 Å². The van der Waals surface area contributed by atoms with Gasteiger partial charge in [-0.1, -0.05) is 42.5 Å². The maximum atomic E-state index is 13.1. The summed E-state index contributed by atoms with van der Waals surface area (Å²) in [5.74, 6) is -0.437. The molecule has 7 nitrogen and oxygen atoms in total. The number of aliphatic hydroxyl groups excluding tert-OH is 1. The van der Waals surface area contributed by atoms with Crippen molar-refractivity contribution in [3.8, 4) is 0 Å². The summed E-state index contributed by atoms with van der Waals surface area (Å²) in [5.41, 5.74) is 3.09. The van der Waals surface area contributed by atoms with E-state index in [1.165, 1.54) is 24.2 Å². The summed E-state index contributed by atoms with van der Waals surface area (Å²) in [6.45, 7) is 4.43. The van der Waals surface area contributed by atoms with Gasteiger partial charge in [0.25, 0.3) is 0 Å². The maximum absolute atomic E-state index is 13.1. The molecule has 1 aliphatic rings. The van der Waals surface area contributed by atoms with Crippen LogP contribution >= 0.6 is 0 Å². The highest BCUT2D eigenvalue weighted by molar-refractivity contribution is 7.89. The van der Waals surface area contributed by atoms with Crippen molar-refractivity contribution >= 4 is 16.0 Å². The third kappa shape index (κ3) is 6.88. The largest absolute Gasteiger partial charge is 0.481 e. The molecular weight excluding hydrogens is 452 g/mol. The van der Waals surface area contributed by atoms with E-state index in [4.69, 9.17) is 5.11 Å². The van der Waals surface area contributed by atoms with Gasteiger partial charge in [0.1, 0.15) is 0 Å². The summed E-state index contributed by atoms with van der Waals surface area (Å²) in [6.07, 6.45) is 2.18. The van der Waals surface area contributed by atoms with E-state index in [9.17, 15) is 18.3 Å². The molecule has 3 rings (SSSR count). The molecular formula is C26H36N2O5S. The van der Waals surface area contributed by atoms with Crippen LogP contribution in [0.15, 0.2) is 53.4 Å². The van der Waals surface area contributed by atoms with Crippen LogP contribution in [-0.4, -0.2) is 60.7 Å². The lowest BCUT2D eigenvalue weighted by molar-refractivity contribution is -0.136. The zero-order valence-electron chi connectivity index (χ0n) is 20.2. The van der Waals surface area contributed by atoms with Crippen molar-refractivity contribution in [1.29, 1.82) is 0 Å². The standard InChI is InChI=1S/C26H36N2O5S/c1-26(2,16-19-14-21-9-4-5-10-22(21)15-19)27-17-23(29)18-28(3)34(32,33)24-11-7-6-8-20(24)12-13-25(30)31/h4-11,19,23,27,29H,12-18H2,1-3H3,(H,30,31). The van der Waals surface area contributed by atoms with Gasteiger partial charge in [0.15, 0.2) is 0 Å². The van der Waals surface area contributed by atoms with Gasteiger partial charge in [-0.2, -0.15) is 4.31 Å². The van der Waals surface area contributed by atoms with E-state index in [-0.39, 0.29) is 36.4 Å². The molecule has 0 spiro atoms. The molecule has 0 fully saturated rings. The molecule has 0 amide bonds. The number of nitrogens with one attached hydrogen (secondary N) is 1. The van der Waals surface area contributed by atoms with Crippen molar-refractivity contribution in [3.63, 3.8) is 0 Å². The lowest BCUT2D eigenvalue weighted by Gasteiger charge is -2.31. The van der Waals surface area contributed by atoms with Gasteiger partial charge in [-0.25, -0.2) is 8.42 Å². The zero-order chi connectivity index (χ0) is 24.9. The number of fused-ring (bicyclic) bond motifs is 1. The first-order chi connectivity index (χ1) is 16.0. The molecule has 1 atom stereocenters. The Morgan fingerprint density at radius 1 is 1.12 bits per heavy atom. The van der Waals surface area contributed by atoms with Crippen LogP contribution in [0.5, 0.6) is 0 Å². The molecule has 0 saturated heterocycles. The number of carbonyl (C=O) groups is 1. The number of hydrogen-bond acceptors (Lipinski definition) is 5. The van der Waals surface area contributed by atoms with Crippen LogP contribution in [0.3, 0.4) is 0 Å².